The zero-order chi connectivity index (χ0) is 20.7. The molecule has 0 saturated carbocycles. The van der Waals surface area contributed by atoms with Gasteiger partial charge in [0.2, 0.25) is 0 Å². The highest BCUT2D eigenvalue weighted by molar-refractivity contribution is 5.88. The van der Waals surface area contributed by atoms with E-state index in [9.17, 15) is 4.79 Å². The molecule has 0 radical (unpaired) electrons. The minimum atomic E-state index is -0.617. The fourth-order valence-corrected chi connectivity index (χ4v) is 2.83. The maximum atomic E-state index is 12.3. The van der Waals surface area contributed by atoms with E-state index in [0.29, 0.717) is 19.4 Å². The lowest BCUT2D eigenvalue weighted by atomic mass is 9.86. The Morgan fingerprint density at radius 2 is 2.00 bits per heavy atom. The van der Waals surface area contributed by atoms with Crippen molar-refractivity contribution in [3.8, 4) is 0 Å². The van der Waals surface area contributed by atoms with Gasteiger partial charge in [0.1, 0.15) is 5.60 Å². The lowest BCUT2D eigenvalue weighted by molar-refractivity contribution is -0.176. The van der Waals surface area contributed by atoms with Gasteiger partial charge in [0.25, 0.3) is 0 Å². The Labute approximate surface area is 163 Å². The van der Waals surface area contributed by atoms with Crippen molar-refractivity contribution >= 4 is 11.9 Å². The number of amidine groups is 1. The summed E-state index contributed by atoms with van der Waals surface area (Å²) in [6.45, 7) is 10.9. The van der Waals surface area contributed by atoms with E-state index >= 15 is 0 Å². The van der Waals surface area contributed by atoms with E-state index in [2.05, 4.69) is 19.0 Å². The summed E-state index contributed by atoms with van der Waals surface area (Å²) < 4.78 is 16.9. The molecule has 1 aliphatic rings. The molecule has 8 nitrogen and oxygen atoms in total. The Balaban J connectivity index is 2.63. The lowest BCUT2D eigenvalue weighted by Gasteiger charge is -2.33. The summed E-state index contributed by atoms with van der Waals surface area (Å²) in [7, 11) is 1.59. The molecule has 1 rings (SSSR count). The van der Waals surface area contributed by atoms with Gasteiger partial charge in [-0.25, -0.2) is 4.79 Å². The van der Waals surface area contributed by atoms with E-state index in [4.69, 9.17) is 25.2 Å². The molecular weight excluding hydrogens is 350 g/mol. The average molecular weight is 388 g/mol. The molecular formula is C19H37N3O5. The normalized spacial score (nSPS) is 20.2. The first kappa shape index (κ1) is 23.5. The standard InChI is InChI=1S/C19H37N3O5/c1-18(2,3)27-17(23)22(6)14(16(20)21-24)10-11-19(4,5)13-26-15-9-7-8-12-25-15/h14-15,24H,7-13H2,1-6H3,(H2,20,21). The average Bonchev–Trinajstić information content (AvgIpc) is 2.59. The van der Waals surface area contributed by atoms with Gasteiger partial charge in [-0.15, -0.1) is 0 Å². The highest BCUT2D eigenvalue weighted by Gasteiger charge is 2.31. The molecule has 0 aromatic rings. The first-order valence-corrected chi connectivity index (χ1v) is 9.61. The molecule has 1 heterocycles. The van der Waals surface area contributed by atoms with Crippen molar-refractivity contribution in [3.63, 3.8) is 0 Å². The molecule has 1 aliphatic heterocycles. The molecule has 1 saturated heterocycles. The zero-order valence-corrected chi connectivity index (χ0v) is 17.7. The molecule has 2 unspecified atom stereocenters. The van der Waals surface area contributed by atoms with Gasteiger partial charge in [0.05, 0.1) is 12.6 Å². The van der Waals surface area contributed by atoms with Crippen LogP contribution in [0.25, 0.3) is 0 Å². The molecule has 158 valence electrons. The van der Waals surface area contributed by atoms with Crippen molar-refractivity contribution in [1.82, 2.24) is 4.90 Å². The SMILES string of the molecule is CN(C(=O)OC(C)(C)C)C(CCC(C)(C)COC1CCCCO1)/C(N)=N/O. The molecule has 2 atom stereocenters. The van der Waals surface area contributed by atoms with Gasteiger partial charge < -0.3 is 30.1 Å². The Morgan fingerprint density at radius 1 is 1.33 bits per heavy atom. The number of carbonyl (C=O) groups excluding carboxylic acids is 1. The van der Waals surface area contributed by atoms with Crippen LogP contribution in [-0.2, 0) is 14.2 Å². The summed E-state index contributed by atoms with van der Waals surface area (Å²) in [4.78, 5) is 13.7. The second kappa shape index (κ2) is 10.1. The second-order valence-corrected chi connectivity index (χ2v) is 8.94. The lowest BCUT2D eigenvalue weighted by Crippen LogP contribution is -2.48. The van der Waals surface area contributed by atoms with E-state index in [1.54, 1.807) is 27.8 Å². The van der Waals surface area contributed by atoms with Gasteiger partial charge in [-0.1, -0.05) is 19.0 Å². The number of carbonyl (C=O) groups is 1. The summed E-state index contributed by atoms with van der Waals surface area (Å²) in [5, 5.41) is 12.2. The van der Waals surface area contributed by atoms with Gasteiger partial charge >= 0.3 is 6.09 Å². The Bertz CT molecular complexity index is 496. The molecule has 8 heteroatoms. The van der Waals surface area contributed by atoms with Crippen LogP contribution in [0, 0.1) is 5.41 Å². The van der Waals surface area contributed by atoms with Crippen molar-refractivity contribution < 1.29 is 24.2 Å². The zero-order valence-electron chi connectivity index (χ0n) is 17.7. The van der Waals surface area contributed by atoms with Crippen LogP contribution in [0.4, 0.5) is 4.79 Å². The monoisotopic (exact) mass is 387 g/mol. The maximum Gasteiger partial charge on any atom is 0.410 e. The molecule has 0 aromatic carbocycles. The molecule has 0 aromatic heterocycles. The Morgan fingerprint density at radius 3 is 2.52 bits per heavy atom. The highest BCUT2D eigenvalue weighted by Crippen LogP contribution is 2.27. The quantitative estimate of drug-likeness (QED) is 0.286. The van der Waals surface area contributed by atoms with Crippen molar-refractivity contribution in [3.05, 3.63) is 0 Å². The number of ether oxygens (including phenoxy) is 3. The largest absolute Gasteiger partial charge is 0.444 e. The molecule has 27 heavy (non-hydrogen) atoms. The number of amides is 1. The van der Waals surface area contributed by atoms with Crippen molar-refractivity contribution in [1.29, 1.82) is 0 Å². The van der Waals surface area contributed by atoms with Gasteiger partial charge in [-0.2, -0.15) is 0 Å². The van der Waals surface area contributed by atoms with Crippen molar-refractivity contribution in [2.45, 2.75) is 84.7 Å². The topological polar surface area (TPSA) is 107 Å². The minimum Gasteiger partial charge on any atom is -0.444 e. The predicted molar refractivity (Wildman–Crippen MR) is 104 cm³/mol. The first-order chi connectivity index (χ1) is 12.4. The van der Waals surface area contributed by atoms with Crippen LogP contribution in [0.2, 0.25) is 0 Å². The molecule has 0 spiro atoms. The molecule has 3 N–H and O–H groups in total. The number of nitrogens with zero attached hydrogens (tertiary/aromatic N) is 2. The summed E-state index contributed by atoms with van der Waals surface area (Å²) >= 11 is 0. The minimum absolute atomic E-state index is 0.0179. The highest BCUT2D eigenvalue weighted by atomic mass is 16.7. The number of oxime groups is 1. The smallest absolute Gasteiger partial charge is 0.410 e. The van der Waals surface area contributed by atoms with Gasteiger partial charge in [0.15, 0.2) is 12.1 Å². The van der Waals surface area contributed by atoms with E-state index in [1.165, 1.54) is 4.90 Å². The van der Waals surface area contributed by atoms with Crippen LogP contribution in [0.5, 0.6) is 0 Å². The number of hydrogen-bond donors (Lipinski definition) is 2. The van der Waals surface area contributed by atoms with Crippen LogP contribution in [0.1, 0.15) is 66.7 Å². The van der Waals surface area contributed by atoms with Crippen molar-refractivity contribution in [2.75, 3.05) is 20.3 Å². The second-order valence-electron chi connectivity index (χ2n) is 8.94. The van der Waals surface area contributed by atoms with E-state index in [-0.39, 0.29) is 17.5 Å². The van der Waals surface area contributed by atoms with Crippen LogP contribution in [0.3, 0.4) is 0 Å². The molecule has 0 aliphatic carbocycles. The summed E-state index contributed by atoms with van der Waals surface area (Å²) in [5.41, 5.74) is 5.07. The molecule has 1 amide bonds. The summed E-state index contributed by atoms with van der Waals surface area (Å²) in [6.07, 6.45) is 3.72. The Hall–Kier alpha value is -1.54. The third kappa shape index (κ3) is 8.79. The van der Waals surface area contributed by atoms with E-state index in [1.807, 2.05) is 0 Å². The molecule has 0 bridgehead atoms. The first-order valence-electron chi connectivity index (χ1n) is 9.61. The maximum absolute atomic E-state index is 12.3. The number of nitrogens with two attached hydrogens (primary N) is 1. The summed E-state index contributed by atoms with van der Waals surface area (Å²) in [6, 6.07) is -0.560. The number of rotatable bonds is 8. The Kier molecular flexibility index (Phi) is 8.81. The summed E-state index contributed by atoms with van der Waals surface area (Å²) in [5.74, 6) is -0.0179. The fourth-order valence-electron chi connectivity index (χ4n) is 2.83. The predicted octanol–water partition coefficient (Wildman–Crippen LogP) is 3.32. The third-order valence-corrected chi connectivity index (χ3v) is 4.50. The number of likely N-dealkylation sites (N-methyl/N-ethyl adjacent to an activating group) is 1. The van der Waals surface area contributed by atoms with Crippen LogP contribution in [0.15, 0.2) is 5.16 Å². The van der Waals surface area contributed by atoms with Crippen molar-refractivity contribution in [2.24, 2.45) is 16.3 Å². The van der Waals surface area contributed by atoms with E-state index < -0.39 is 17.7 Å². The number of hydrogen-bond acceptors (Lipinski definition) is 6. The fraction of sp³-hybridized carbons (Fsp3) is 0.895. The third-order valence-electron chi connectivity index (χ3n) is 4.50. The van der Waals surface area contributed by atoms with E-state index in [0.717, 1.165) is 25.9 Å². The van der Waals surface area contributed by atoms with Gasteiger partial charge in [-0.05, 0) is 58.3 Å². The van der Waals surface area contributed by atoms with Gasteiger partial charge in [-0.3, -0.25) is 0 Å². The molecule has 1 fully saturated rings. The van der Waals surface area contributed by atoms with Gasteiger partial charge in [0, 0.05) is 13.7 Å². The van der Waals surface area contributed by atoms with Crippen LogP contribution >= 0.6 is 0 Å². The van der Waals surface area contributed by atoms with Crippen LogP contribution in [-0.4, -0.2) is 60.2 Å². The van der Waals surface area contributed by atoms with Crippen LogP contribution < -0.4 is 5.73 Å².